The second kappa shape index (κ2) is 7.33. The number of carbonyl (C=O) groups excluding carboxylic acids is 1. The van der Waals surface area contributed by atoms with Crippen molar-refractivity contribution in [2.24, 2.45) is 0 Å². The van der Waals surface area contributed by atoms with Crippen LogP contribution in [0.2, 0.25) is 5.02 Å². The van der Waals surface area contributed by atoms with Crippen molar-refractivity contribution in [3.63, 3.8) is 0 Å². The lowest BCUT2D eigenvalue weighted by Crippen LogP contribution is -2.12. The van der Waals surface area contributed by atoms with Crippen LogP contribution in [0, 0.1) is 0 Å². The zero-order chi connectivity index (χ0) is 15.2. The first-order valence-corrected chi connectivity index (χ1v) is 7.28. The summed E-state index contributed by atoms with van der Waals surface area (Å²) in [6.07, 6.45) is 0. The van der Waals surface area contributed by atoms with Crippen LogP contribution in [0.15, 0.2) is 46.9 Å². The number of phenols is 1. The van der Waals surface area contributed by atoms with Crippen LogP contribution in [0.5, 0.6) is 11.5 Å². The lowest BCUT2D eigenvalue weighted by Gasteiger charge is -2.09. The van der Waals surface area contributed by atoms with E-state index in [2.05, 4.69) is 15.9 Å². The number of hydrogen-bond acceptors (Lipinski definition) is 4. The van der Waals surface area contributed by atoms with Gasteiger partial charge >= 0.3 is 5.97 Å². The van der Waals surface area contributed by atoms with E-state index in [1.54, 1.807) is 30.3 Å². The minimum absolute atomic E-state index is 0.0516. The predicted molar refractivity (Wildman–Crippen MR) is 83.0 cm³/mol. The molecule has 0 saturated heterocycles. The van der Waals surface area contributed by atoms with E-state index in [0.29, 0.717) is 15.2 Å². The van der Waals surface area contributed by atoms with Gasteiger partial charge in [-0.2, -0.15) is 0 Å². The largest absolute Gasteiger partial charge is 0.507 e. The molecular weight excluding hydrogens is 360 g/mol. The Kier molecular flexibility index (Phi) is 5.47. The number of para-hydroxylation sites is 1. The number of phenolic OH excluding ortho intramolecular Hbond substituents is 1. The highest BCUT2D eigenvalue weighted by atomic mass is 79.9. The van der Waals surface area contributed by atoms with Gasteiger partial charge in [-0.05, 0) is 30.3 Å². The van der Waals surface area contributed by atoms with Crippen LogP contribution >= 0.6 is 27.5 Å². The number of aromatic hydroxyl groups is 1. The van der Waals surface area contributed by atoms with E-state index < -0.39 is 5.97 Å². The van der Waals surface area contributed by atoms with Crippen molar-refractivity contribution in [2.45, 2.75) is 0 Å². The van der Waals surface area contributed by atoms with Gasteiger partial charge < -0.3 is 14.6 Å². The number of ether oxygens (including phenoxy) is 2. The van der Waals surface area contributed by atoms with Crippen LogP contribution in [0.1, 0.15) is 10.4 Å². The normalized spacial score (nSPS) is 10.2. The average Bonchev–Trinajstić information content (AvgIpc) is 2.47. The van der Waals surface area contributed by atoms with E-state index in [1.807, 2.05) is 0 Å². The second-order valence-corrected chi connectivity index (χ2v) is 5.40. The van der Waals surface area contributed by atoms with Crippen LogP contribution in [-0.2, 0) is 4.74 Å². The zero-order valence-corrected chi connectivity index (χ0v) is 13.2. The number of carbonyl (C=O) groups is 1. The topological polar surface area (TPSA) is 55.8 Å². The molecule has 2 aromatic carbocycles. The highest BCUT2D eigenvalue weighted by Crippen LogP contribution is 2.24. The fraction of sp³-hybridized carbons (Fsp3) is 0.133. The fourth-order valence-corrected chi connectivity index (χ4v) is 2.15. The first-order valence-electron chi connectivity index (χ1n) is 6.11. The van der Waals surface area contributed by atoms with E-state index in [-0.39, 0.29) is 24.5 Å². The summed E-state index contributed by atoms with van der Waals surface area (Å²) in [5.41, 5.74) is 0.0992. The molecule has 0 radical (unpaired) electrons. The maximum atomic E-state index is 11.8. The standard InChI is InChI=1S/C15H12BrClO4/c16-10-5-6-13(18)11(9-10)15(19)21-8-7-20-14-4-2-1-3-12(14)17/h1-6,9,18H,7-8H2. The lowest BCUT2D eigenvalue weighted by atomic mass is 10.2. The Morgan fingerprint density at radius 3 is 2.71 bits per heavy atom. The summed E-state index contributed by atoms with van der Waals surface area (Å²) in [6.45, 7) is 0.222. The molecule has 0 fully saturated rings. The molecule has 4 nitrogen and oxygen atoms in total. The van der Waals surface area contributed by atoms with Gasteiger partial charge in [-0.1, -0.05) is 39.7 Å². The molecule has 21 heavy (non-hydrogen) atoms. The van der Waals surface area contributed by atoms with Crippen LogP contribution in [0.3, 0.4) is 0 Å². The van der Waals surface area contributed by atoms with Gasteiger partial charge in [0, 0.05) is 4.47 Å². The molecule has 0 atom stereocenters. The zero-order valence-electron chi connectivity index (χ0n) is 10.9. The molecule has 0 heterocycles. The number of hydrogen-bond donors (Lipinski definition) is 1. The predicted octanol–water partition coefficient (Wildman–Crippen LogP) is 4.04. The van der Waals surface area contributed by atoms with Gasteiger partial charge in [0.05, 0.1) is 5.02 Å². The SMILES string of the molecule is O=C(OCCOc1ccccc1Cl)c1cc(Br)ccc1O. The van der Waals surface area contributed by atoms with Gasteiger partial charge in [-0.15, -0.1) is 0 Å². The van der Waals surface area contributed by atoms with Crippen molar-refractivity contribution in [3.05, 3.63) is 57.5 Å². The summed E-state index contributed by atoms with van der Waals surface area (Å²) < 4.78 is 11.1. The fourth-order valence-electron chi connectivity index (χ4n) is 1.60. The van der Waals surface area contributed by atoms with E-state index in [9.17, 15) is 9.90 Å². The van der Waals surface area contributed by atoms with Crippen molar-refractivity contribution in [2.75, 3.05) is 13.2 Å². The van der Waals surface area contributed by atoms with Crippen molar-refractivity contribution in [1.82, 2.24) is 0 Å². The van der Waals surface area contributed by atoms with Gasteiger partial charge in [0.1, 0.15) is 30.3 Å². The van der Waals surface area contributed by atoms with E-state index in [0.717, 1.165) is 0 Å². The molecule has 0 amide bonds. The van der Waals surface area contributed by atoms with E-state index in [1.165, 1.54) is 12.1 Å². The summed E-state index contributed by atoms with van der Waals surface area (Å²) in [7, 11) is 0. The van der Waals surface area contributed by atoms with Gasteiger partial charge in [0.25, 0.3) is 0 Å². The summed E-state index contributed by atoms with van der Waals surface area (Å²) in [6, 6.07) is 11.6. The number of rotatable bonds is 5. The van der Waals surface area contributed by atoms with Crippen LogP contribution < -0.4 is 4.74 Å². The molecule has 0 saturated carbocycles. The van der Waals surface area contributed by atoms with Gasteiger partial charge in [-0.25, -0.2) is 4.79 Å². The molecule has 110 valence electrons. The number of halogens is 2. The minimum Gasteiger partial charge on any atom is -0.507 e. The summed E-state index contributed by atoms with van der Waals surface area (Å²) in [5.74, 6) is -0.215. The Bertz CT molecular complexity index is 645. The Balaban J connectivity index is 1.85. The summed E-state index contributed by atoms with van der Waals surface area (Å²) in [5, 5.41) is 10.1. The molecule has 0 unspecified atom stereocenters. The quantitative estimate of drug-likeness (QED) is 0.636. The Morgan fingerprint density at radius 1 is 1.19 bits per heavy atom. The van der Waals surface area contributed by atoms with Crippen molar-refractivity contribution < 1.29 is 19.4 Å². The monoisotopic (exact) mass is 370 g/mol. The van der Waals surface area contributed by atoms with Crippen molar-refractivity contribution >= 4 is 33.5 Å². The summed E-state index contributed by atoms with van der Waals surface area (Å²) >= 11 is 9.16. The summed E-state index contributed by atoms with van der Waals surface area (Å²) in [4.78, 5) is 11.8. The average molecular weight is 372 g/mol. The Morgan fingerprint density at radius 2 is 1.95 bits per heavy atom. The van der Waals surface area contributed by atoms with Crippen molar-refractivity contribution in [3.8, 4) is 11.5 Å². The number of esters is 1. The van der Waals surface area contributed by atoms with Crippen molar-refractivity contribution in [1.29, 1.82) is 0 Å². The lowest BCUT2D eigenvalue weighted by molar-refractivity contribution is 0.0447. The highest BCUT2D eigenvalue weighted by molar-refractivity contribution is 9.10. The first kappa shape index (κ1) is 15.7. The van der Waals surface area contributed by atoms with Crippen LogP contribution in [0.4, 0.5) is 0 Å². The van der Waals surface area contributed by atoms with Gasteiger partial charge in [0.15, 0.2) is 0 Å². The molecule has 0 aliphatic rings. The third kappa shape index (κ3) is 4.37. The minimum atomic E-state index is -0.614. The number of benzene rings is 2. The van der Waals surface area contributed by atoms with E-state index in [4.69, 9.17) is 21.1 Å². The Hall–Kier alpha value is -1.72. The van der Waals surface area contributed by atoms with Gasteiger partial charge in [-0.3, -0.25) is 0 Å². The van der Waals surface area contributed by atoms with Crippen LogP contribution in [-0.4, -0.2) is 24.3 Å². The maximum absolute atomic E-state index is 11.8. The van der Waals surface area contributed by atoms with E-state index >= 15 is 0 Å². The molecular formula is C15H12BrClO4. The molecule has 0 aliphatic heterocycles. The molecule has 0 bridgehead atoms. The molecule has 0 aliphatic carbocycles. The smallest absolute Gasteiger partial charge is 0.342 e. The second-order valence-electron chi connectivity index (χ2n) is 4.08. The Labute approximate surface area is 135 Å². The molecule has 1 N–H and O–H groups in total. The maximum Gasteiger partial charge on any atom is 0.342 e. The molecule has 2 rings (SSSR count). The third-order valence-corrected chi connectivity index (χ3v) is 3.39. The molecule has 6 heteroatoms. The molecule has 0 spiro atoms. The van der Waals surface area contributed by atoms with Crippen LogP contribution in [0.25, 0.3) is 0 Å². The first-order chi connectivity index (χ1) is 10.1. The third-order valence-electron chi connectivity index (χ3n) is 2.59. The molecule has 2 aromatic rings. The highest BCUT2D eigenvalue weighted by Gasteiger charge is 2.13. The van der Waals surface area contributed by atoms with Gasteiger partial charge in [0.2, 0.25) is 0 Å². The molecule has 0 aromatic heterocycles.